The summed E-state index contributed by atoms with van der Waals surface area (Å²) >= 11 is 0. The first kappa shape index (κ1) is 11.6. The van der Waals surface area contributed by atoms with Gasteiger partial charge >= 0.3 is 0 Å². The molecule has 0 aliphatic carbocycles. The van der Waals surface area contributed by atoms with Crippen molar-refractivity contribution < 1.29 is 4.79 Å². The normalized spacial score (nSPS) is 11.2. The van der Waals surface area contributed by atoms with E-state index in [0.717, 1.165) is 16.6 Å². The smallest absolute Gasteiger partial charge is 0.269 e. The Morgan fingerprint density at radius 1 is 1.24 bits per heavy atom. The van der Waals surface area contributed by atoms with Gasteiger partial charge in [-0.15, -0.1) is 0 Å². The van der Waals surface area contributed by atoms with Gasteiger partial charge in [-0.05, 0) is 24.3 Å². The summed E-state index contributed by atoms with van der Waals surface area (Å²) in [6, 6.07) is 7.47. The van der Waals surface area contributed by atoms with Gasteiger partial charge in [0.1, 0.15) is 11.3 Å². The number of nitrogens with one attached hydrogen (secondary N) is 1. The Morgan fingerprint density at radius 3 is 3.00 bits per heavy atom. The highest BCUT2D eigenvalue weighted by atomic mass is 16.1. The third-order valence-electron chi connectivity index (χ3n) is 3.34. The molecular weight excluding hydrogens is 268 g/mol. The number of rotatable bonds is 2. The molecule has 0 unspecified atom stereocenters. The number of hydrogen-bond donors (Lipinski definition) is 2. The molecule has 0 bridgehead atoms. The van der Waals surface area contributed by atoms with Crippen LogP contribution in [0.4, 0.5) is 0 Å². The summed E-state index contributed by atoms with van der Waals surface area (Å²) in [7, 11) is 0. The minimum absolute atomic E-state index is 0.254. The number of pyridine rings is 1. The number of aromatic nitrogens is 5. The van der Waals surface area contributed by atoms with E-state index in [1.54, 1.807) is 12.3 Å². The third kappa shape index (κ3) is 1.68. The van der Waals surface area contributed by atoms with Crippen molar-refractivity contribution in [1.29, 1.82) is 0 Å². The van der Waals surface area contributed by atoms with Crippen molar-refractivity contribution in [3.8, 4) is 11.3 Å². The number of nitrogens with zero attached hydrogens (tertiary/aromatic N) is 4. The summed E-state index contributed by atoms with van der Waals surface area (Å²) in [6.07, 6.45) is 4.98. The molecule has 0 aromatic carbocycles. The van der Waals surface area contributed by atoms with Gasteiger partial charge in [-0.1, -0.05) is 0 Å². The maximum Gasteiger partial charge on any atom is 0.269 e. The molecule has 4 aromatic heterocycles. The van der Waals surface area contributed by atoms with E-state index < -0.39 is 5.91 Å². The lowest BCUT2D eigenvalue weighted by atomic mass is 10.1. The third-order valence-corrected chi connectivity index (χ3v) is 3.34. The van der Waals surface area contributed by atoms with Crippen molar-refractivity contribution in [3.05, 3.63) is 48.5 Å². The van der Waals surface area contributed by atoms with Crippen LogP contribution in [0.25, 0.3) is 27.9 Å². The van der Waals surface area contributed by atoms with Crippen LogP contribution in [-0.2, 0) is 0 Å². The molecule has 102 valence electrons. The van der Waals surface area contributed by atoms with Crippen molar-refractivity contribution >= 4 is 22.6 Å². The molecule has 7 heteroatoms. The van der Waals surface area contributed by atoms with Crippen LogP contribution in [0.3, 0.4) is 0 Å². The zero-order valence-corrected chi connectivity index (χ0v) is 10.8. The van der Waals surface area contributed by atoms with Crippen LogP contribution >= 0.6 is 0 Å². The maximum absolute atomic E-state index is 11.4. The number of H-pyrrole nitrogens is 1. The Balaban J connectivity index is 1.98. The fourth-order valence-corrected chi connectivity index (χ4v) is 2.35. The van der Waals surface area contributed by atoms with Crippen LogP contribution in [0.1, 0.15) is 10.5 Å². The molecule has 0 aliphatic heterocycles. The average molecular weight is 278 g/mol. The van der Waals surface area contributed by atoms with Crippen molar-refractivity contribution in [3.63, 3.8) is 0 Å². The van der Waals surface area contributed by atoms with Crippen LogP contribution in [0.15, 0.2) is 42.9 Å². The van der Waals surface area contributed by atoms with Gasteiger partial charge in [0, 0.05) is 23.3 Å². The monoisotopic (exact) mass is 278 g/mol. The van der Waals surface area contributed by atoms with Crippen molar-refractivity contribution in [1.82, 2.24) is 24.6 Å². The zero-order chi connectivity index (χ0) is 14.4. The van der Waals surface area contributed by atoms with Crippen LogP contribution in [-0.4, -0.2) is 30.5 Å². The summed E-state index contributed by atoms with van der Waals surface area (Å²) < 4.78 is 1.45. The van der Waals surface area contributed by atoms with Gasteiger partial charge in [0.15, 0.2) is 5.65 Å². The molecular formula is C14H10N6O. The summed E-state index contributed by atoms with van der Waals surface area (Å²) in [5.41, 5.74) is 8.56. The Bertz CT molecular complexity index is 983. The van der Waals surface area contributed by atoms with E-state index >= 15 is 0 Å². The molecule has 0 spiro atoms. The number of imidazole rings is 1. The molecule has 0 atom stereocenters. The number of amides is 1. The van der Waals surface area contributed by atoms with Crippen LogP contribution in [0.2, 0.25) is 0 Å². The van der Waals surface area contributed by atoms with Crippen molar-refractivity contribution in [2.45, 2.75) is 0 Å². The molecule has 7 nitrogen and oxygen atoms in total. The van der Waals surface area contributed by atoms with Crippen LogP contribution in [0.5, 0.6) is 0 Å². The molecule has 0 radical (unpaired) electrons. The minimum Gasteiger partial charge on any atom is -0.364 e. The Kier molecular flexibility index (Phi) is 2.28. The lowest BCUT2D eigenvalue weighted by Crippen LogP contribution is -2.14. The van der Waals surface area contributed by atoms with Gasteiger partial charge in [0.2, 0.25) is 0 Å². The second kappa shape index (κ2) is 4.14. The maximum atomic E-state index is 11.4. The number of hydrogen-bond acceptors (Lipinski definition) is 4. The second-order valence-electron chi connectivity index (χ2n) is 4.60. The van der Waals surface area contributed by atoms with E-state index in [2.05, 4.69) is 20.1 Å². The zero-order valence-electron chi connectivity index (χ0n) is 10.8. The SMILES string of the molecule is NC(=O)c1cnc2ccc(-c3c[nH]c4ncccc34)nn12. The van der Waals surface area contributed by atoms with Gasteiger partial charge < -0.3 is 10.7 Å². The van der Waals surface area contributed by atoms with Crippen molar-refractivity contribution in [2.75, 3.05) is 0 Å². The van der Waals surface area contributed by atoms with E-state index in [9.17, 15) is 4.79 Å². The standard InChI is InChI=1S/C14H10N6O/c15-13(21)11-7-17-12-4-3-10(19-20(11)12)9-6-18-14-8(9)2-1-5-16-14/h1-7H,(H2,15,21)(H,16,18). The summed E-state index contributed by atoms with van der Waals surface area (Å²) in [5.74, 6) is -0.562. The lowest BCUT2D eigenvalue weighted by molar-refractivity contribution is 0.0993. The first-order chi connectivity index (χ1) is 10.2. The largest absolute Gasteiger partial charge is 0.364 e. The predicted molar refractivity (Wildman–Crippen MR) is 76.6 cm³/mol. The van der Waals surface area contributed by atoms with Gasteiger partial charge in [0.25, 0.3) is 5.91 Å². The van der Waals surface area contributed by atoms with Gasteiger partial charge in [0.05, 0.1) is 11.9 Å². The number of aromatic amines is 1. The summed E-state index contributed by atoms with van der Waals surface area (Å²) in [5, 5.41) is 5.42. The fraction of sp³-hybridized carbons (Fsp3) is 0. The molecule has 0 fully saturated rings. The highest BCUT2D eigenvalue weighted by molar-refractivity contribution is 5.93. The number of fused-ring (bicyclic) bond motifs is 2. The second-order valence-corrected chi connectivity index (χ2v) is 4.60. The molecule has 1 amide bonds. The molecule has 4 rings (SSSR count). The van der Waals surface area contributed by atoms with Gasteiger partial charge in [-0.25, -0.2) is 14.5 Å². The minimum atomic E-state index is -0.562. The number of carbonyl (C=O) groups excluding carboxylic acids is 1. The number of nitrogens with two attached hydrogens (primary N) is 1. The average Bonchev–Trinajstić information content (AvgIpc) is 3.10. The lowest BCUT2D eigenvalue weighted by Gasteiger charge is -2.01. The summed E-state index contributed by atoms with van der Waals surface area (Å²) in [4.78, 5) is 22.8. The molecule has 0 saturated carbocycles. The van der Waals surface area contributed by atoms with Crippen molar-refractivity contribution in [2.24, 2.45) is 5.73 Å². The summed E-state index contributed by atoms with van der Waals surface area (Å²) in [6.45, 7) is 0. The van der Waals surface area contributed by atoms with Crippen LogP contribution in [0, 0.1) is 0 Å². The van der Waals surface area contributed by atoms with E-state index in [0.29, 0.717) is 11.3 Å². The van der Waals surface area contributed by atoms with E-state index in [4.69, 9.17) is 5.73 Å². The van der Waals surface area contributed by atoms with Gasteiger partial charge in [-0.2, -0.15) is 5.10 Å². The highest BCUT2D eigenvalue weighted by Crippen LogP contribution is 2.26. The van der Waals surface area contributed by atoms with E-state index in [1.165, 1.54) is 10.7 Å². The molecule has 0 aliphatic rings. The first-order valence-electron chi connectivity index (χ1n) is 6.31. The van der Waals surface area contributed by atoms with Gasteiger partial charge in [-0.3, -0.25) is 4.79 Å². The molecule has 4 heterocycles. The topological polar surface area (TPSA) is 102 Å². The van der Waals surface area contributed by atoms with E-state index in [1.807, 2.05) is 24.4 Å². The predicted octanol–water partition coefficient (Wildman–Crippen LogP) is 1.37. The Morgan fingerprint density at radius 2 is 2.14 bits per heavy atom. The Hall–Kier alpha value is -3.22. The number of primary amides is 1. The van der Waals surface area contributed by atoms with Crippen LogP contribution < -0.4 is 5.73 Å². The molecule has 0 saturated heterocycles. The molecule has 21 heavy (non-hydrogen) atoms. The number of carbonyl (C=O) groups is 1. The fourth-order valence-electron chi connectivity index (χ4n) is 2.35. The van der Waals surface area contributed by atoms with E-state index in [-0.39, 0.29) is 5.69 Å². The first-order valence-corrected chi connectivity index (χ1v) is 6.31. The molecule has 3 N–H and O–H groups in total. The molecule has 4 aromatic rings. The quantitative estimate of drug-likeness (QED) is 0.578. The Labute approximate surface area is 118 Å². The highest BCUT2D eigenvalue weighted by Gasteiger charge is 2.13.